The van der Waals surface area contributed by atoms with Crippen molar-refractivity contribution in [2.75, 3.05) is 25.0 Å². The Hall–Kier alpha value is -2.34. The number of likely N-dealkylation sites (tertiary alicyclic amines) is 1. The van der Waals surface area contributed by atoms with E-state index in [9.17, 15) is 9.59 Å². The molecule has 2 N–H and O–H groups in total. The van der Waals surface area contributed by atoms with Gasteiger partial charge in [0, 0.05) is 31.4 Å². The summed E-state index contributed by atoms with van der Waals surface area (Å²) in [5.74, 6) is 0.327. The van der Waals surface area contributed by atoms with Crippen LogP contribution < -0.4 is 10.6 Å². The summed E-state index contributed by atoms with van der Waals surface area (Å²) in [6.45, 7) is 6.09. The lowest BCUT2D eigenvalue weighted by Crippen LogP contribution is -2.47. The molecule has 1 fully saturated rings. The zero-order chi connectivity index (χ0) is 19.9. The van der Waals surface area contributed by atoms with Crippen molar-refractivity contribution in [1.29, 1.82) is 0 Å². The van der Waals surface area contributed by atoms with Gasteiger partial charge in [0.15, 0.2) is 0 Å². The van der Waals surface area contributed by atoms with Crippen LogP contribution in [-0.4, -0.2) is 42.4 Å². The minimum atomic E-state index is -0.137. The summed E-state index contributed by atoms with van der Waals surface area (Å²) >= 11 is 1.45. The smallest absolute Gasteiger partial charge is 0.263 e. The van der Waals surface area contributed by atoms with Crippen molar-refractivity contribution >= 4 is 28.8 Å². The maximum Gasteiger partial charge on any atom is 0.263 e. The van der Waals surface area contributed by atoms with Gasteiger partial charge in [-0.05, 0) is 42.3 Å². The van der Waals surface area contributed by atoms with Crippen molar-refractivity contribution in [2.45, 2.75) is 32.7 Å². The molecule has 3 rings (SSSR count). The lowest BCUT2D eigenvalue weighted by molar-refractivity contribution is -0.126. The van der Waals surface area contributed by atoms with Crippen molar-refractivity contribution in [3.8, 4) is 0 Å². The number of amides is 2. The summed E-state index contributed by atoms with van der Waals surface area (Å²) in [6.07, 6.45) is 1.70. The van der Waals surface area contributed by atoms with E-state index < -0.39 is 0 Å². The Morgan fingerprint density at radius 3 is 2.64 bits per heavy atom. The fraction of sp³-hybridized carbons (Fsp3) is 0.455. The van der Waals surface area contributed by atoms with Gasteiger partial charge in [-0.2, -0.15) is 0 Å². The second kappa shape index (κ2) is 9.73. The molecule has 1 aliphatic rings. The van der Waals surface area contributed by atoms with E-state index in [1.807, 2.05) is 52.7 Å². The quantitative estimate of drug-likeness (QED) is 0.743. The topological polar surface area (TPSA) is 61.4 Å². The average molecular weight is 400 g/mol. The van der Waals surface area contributed by atoms with Crippen LogP contribution in [0.1, 0.15) is 36.4 Å². The molecule has 0 bridgehead atoms. The molecule has 1 aromatic heterocycles. The first-order valence-corrected chi connectivity index (χ1v) is 10.8. The van der Waals surface area contributed by atoms with E-state index in [0.29, 0.717) is 19.0 Å². The summed E-state index contributed by atoms with van der Waals surface area (Å²) < 4.78 is 0. The first-order chi connectivity index (χ1) is 13.5. The van der Waals surface area contributed by atoms with Gasteiger partial charge in [0.25, 0.3) is 5.91 Å². The van der Waals surface area contributed by atoms with Crippen molar-refractivity contribution < 1.29 is 9.59 Å². The molecule has 1 saturated heterocycles. The summed E-state index contributed by atoms with van der Waals surface area (Å²) in [5, 5.41) is 8.53. The van der Waals surface area contributed by atoms with E-state index in [1.165, 1.54) is 11.3 Å². The minimum Gasteiger partial charge on any atom is -0.380 e. The lowest BCUT2D eigenvalue weighted by atomic mass is 9.96. The normalized spacial score (nSPS) is 18.0. The third-order valence-corrected chi connectivity index (χ3v) is 6.10. The number of carbonyl (C=O) groups excluding carboxylic acids is 2. The van der Waals surface area contributed by atoms with Gasteiger partial charge in [0.05, 0.1) is 10.8 Å². The molecule has 1 aromatic carbocycles. The van der Waals surface area contributed by atoms with Crippen LogP contribution in [0.3, 0.4) is 0 Å². The number of hydrogen-bond donors (Lipinski definition) is 2. The molecule has 5 nitrogen and oxygen atoms in total. The lowest BCUT2D eigenvalue weighted by Gasteiger charge is -2.32. The van der Waals surface area contributed by atoms with Crippen LogP contribution in [-0.2, 0) is 4.79 Å². The average Bonchev–Trinajstić information content (AvgIpc) is 3.26. The first-order valence-electron chi connectivity index (χ1n) is 9.96. The standard InChI is InChI=1S/C22H29N3O2S/c1-16(2)19(24-18-9-4-3-5-10-18)14-23-21(26)17-8-6-12-25(15-17)22(27)20-11-7-13-28-20/h3-5,7,9-11,13,16-17,19,24H,6,8,12,14-15H2,1-2H3,(H,23,26). The van der Waals surface area contributed by atoms with Gasteiger partial charge in [-0.1, -0.05) is 38.1 Å². The van der Waals surface area contributed by atoms with E-state index >= 15 is 0 Å². The molecule has 0 saturated carbocycles. The fourth-order valence-electron chi connectivity index (χ4n) is 3.49. The molecule has 1 aliphatic heterocycles. The van der Waals surface area contributed by atoms with Gasteiger partial charge in [-0.15, -0.1) is 11.3 Å². The molecule has 0 aliphatic carbocycles. The number of piperidine rings is 1. The van der Waals surface area contributed by atoms with Gasteiger partial charge in [-0.3, -0.25) is 9.59 Å². The number of thiophene rings is 1. The molecule has 2 unspecified atom stereocenters. The predicted octanol–water partition coefficient (Wildman–Crippen LogP) is 3.85. The number of nitrogens with zero attached hydrogens (tertiary/aromatic N) is 1. The number of carbonyl (C=O) groups is 2. The maximum atomic E-state index is 12.8. The Balaban J connectivity index is 1.53. The van der Waals surface area contributed by atoms with E-state index in [0.717, 1.165) is 30.0 Å². The molecule has 2 amide bonds. The molecule has 0 spiro atoms. The van der Waals surface area contributed by atoms with Crippen LogP contribution in [0.5, 0.6) is 0 Å². The zero-order valence-electron chi connectivity index (χ0n) is 16.6. The highest BCUT2D eigenvalue weighted by molar-refractivity contribution is 7.12. The van der Waals surface area contributed by atoms with E-state index in [1.54, 1.807) is 0 Å². The molecular weight excluding hydrogens is 370 g/mol. The molecule has 2 aromatic rings. The van der Waals surface area contributed by atoms with Crippen LogP contribution in [0.2, 0.25) is 0 Å². The Morgan fingerprint density at radius 1 is 1.18 bits per heavy atom. The van der Waals surface area contributed by atoms with Crippen molar-refractivity contribution in [2.24, 2.45) is 11.8 Å². The Morgan fingerprint density at radius 2 is 1.96 bits per heavy atom. The number of para-hydroxylation sites is 1. The van der Waals surface area contributed by atoms with E-state index in [-0.39, 0.29) is 23.8 Å². The van der Waals surface area contributed by atoms with Gasteiger partial charge in [0.1, 0.15) is 0 Å². The van der Waals surface area contributed by atoms with Crippen LogP contribution >= 0.6 is 11.3 Å². The Kier molecular flexibility index (Phi) is 7.09. The van der Waals surface area contributed by atoms with Crippen molar-refractivity contribution in [3.05, 3.63) is 52.7 Å². The van der Waals surface area contributed by atoms with Gasteiger partial charge >= 0.3 is 0 Å². The highest BCUT2D eigenvalue weighted by Crippen LogP contribution is 2.21. The summed E-state index contributed by atoms with van der Waals surface area (Å²) in [4.78, 5) is 27.9. The predicted molar refractivity (Wildman–Crippen MR) is 115 cm³/mol. The number of benzene rings is 1. The summed E-state index contributed by atoms with van der Waals surface area (Å²) in [7, 11) is 0. The highest BCUT2D eigenvalue weighted by atomic mass is 32.1. The maximum absolute atomic E-state index is 12.8. The first kappa shape index (κ1) is 20.4. The summed E-state index contributed by atoms with van der Waals surface area (Å²) in [6, 6.07) is 13.9. The van der Waals surface area contributed by atoms with Crippen LogP contribution in [0.15, 0.2) is 47.8 Å². The molecule has 6 heteroatoms. The SMILES string of the molecule is CC(C)C(CNC(=O)C1CCCN(C(=O)c2cccs2)C1)Nc1ccccc1. The van der Waals surface area contributed by atoms with Crippen LogP contribution in [0.4, 0.5) is 5.69 Å². The fourth-order valence-corrected chi connectivity index (χ4v) is 4.18. The molecule has 0 radical (unpaired) electrons. The Bertz CT molecular complexity index is 761. The monoisotopic (exact) mass is 399 g/mol. The van der Waals surface area contributed by atoms with E-state index in [2.05, 4.69) is 24.5 Å². The van der Waals surface area contributed by atoms with Gasteiger partial charge < -0.3 is 15.5 Å². The summed E-state index contributed by atoms with van der Waals surface area (Å²) in [5.41, 5.74) is 1.06. The number of nitrogens with one attached hydrogen (secondary N) is 2. The second-order valence-electron chi connectivity index (χ2n) is 7.67. The highest BCUT2D eigenvalue weighted by Gasteiger charge is 2.29. The third-order valence-electron chi connectivity index (χ3n) is 5.24. The van der Waals surface area contributed by atoms with Crippen molar-refractivity contribution in [1.82, 2.24) is 10.2 Å². The van der Waals surface area contributed by atoms with Gasteiger partial charge in [-0.25, -0.2) is 0 Å². The largest absolute Gasteiger partial charge is 0.380 e. The second-order valence-corrected chi connectivity index (χ2v) is 8.62. The number of hydrogen-bond acceptors (Lipinski definition) is 4. The minimum absolute atomic E-state index is 0.0401. The van der Waals surface area contributed by atoms with Crippen molar-refractivity contribution in [3.63, 3.8) is 0 Å². The van der Waals surface area contributed by atoms with Crippen LogP contribution in [0, 0.1) is 11.8 Å². The number of anilines is 1. The Labute approximate surface area is 171 Å². The zero-order valence-corrected chi connectivity index (χ0v) is 17.4. The molecular formula is C22H29N3O2S. The van der Waals surface area contributed by atoms with E-state index in [4.69, 9.17) is 0 Å². The molecule has 2 atom stereocenters. The molecule has 2 heterocycles. The number of rotatable bonds is 7. The molecule has 28 heavy (non-hydrogen) atoms. The molecule has 150 valence electrons. The van der Waals surface area contributed by atoms with Gasteiger partial charge in [0.2, 0.25) is 5.91 Å². The third kappa shape index (κ3) is 5.35. The van der Waals surface area contributed by atoms with Crippen LogP contribution in [0.25, 0.3) is 0 Å².